The van der Waals surface area contributed by atoms with Crippen molar-refractivity contribution in [3.8, 4) is 0 Å². The Bertz CT molecular complexity index is 600. The van der Waals surface area contributed by atoms with Crippen LogP contribution in [-0.4, -0.2) is 49.8 Å². The molecule has 0 heterocycles. The van der Waals surface area contributed by atoms with Crippen molar-refractivity contribution < 1.29 is 23.1 Å². The maximum atomic E-state index is 12.2. The molecular formula is C13H18N2O5S. The topological polar surface area (TPSA) is 104 Å². The third-order valence-electron chi connectivity index (χ3n) is 2.84. The van der Waals surface area contributed by atoms with Gasteiger partial charge in [-0.3, -0.25) is 9.59 Å². The van der Waals surface area contributed by atoms with Crippen LogP contribution in [-0.2, 0) is 19.6 Å². The molecule has 116 valence electrons. The SMILES string of the molecule is CC(CNC(=O)CN(C)S(=O)(=O)c1ccccc1)C(=O)O. The standard InChI is InChI=1S/C13H18N2O5S/c1-10(13(17)18)8-14-12(16)9-15(2)21(19,20)11-6-4-3-5-7-11/h3-7,10H,8-9H2,1-2H3,(H,14,16)(H,17,18). The number of amides is 1. The van der Waals surface area contributed by atoms with Crippen LogP contribution in [0.5, 0.6) is 0 Å². The van der Waals surface area contributed by atoms with Crippen LogP contribution < -0.4 is 5.32 Å². The van der Waals surface area contributed by atoms with Crippen LogP contribution in [0.1, 0.15) is 6.92 Å². The van der Waals surface area contributed by atoms with E-state index in [4.69, 9.17) is 5.11 Å². The Hall–Kier alpha value is -1.93. The van der Waals surface area contributed by atoms with Gasteiger partial charge in [-0.1, -0.05) is 25.1 Å². The van der Waals surface area contributed by atoms with Crippen molar-refractivity contribution in [3.05, 3.63) is 30.3 Å². The number of carbonyl (C=O) groups excluding carboxylic acids is 1. The Morgan fingerprint density at radius 2 is 1.86 bits per heavy atom. The largest absolute Gasteiger partial charge is 0.481 e. The maximum Gasteiger partial charge on any atom is 0.308 e. The van der Waals surface area contributed by atoms with Crippen molar-refractivity contribution in [1.82, 2.24) is 9.62 Å². The van der Waals surface area contributed by atoms with Gasteiger partial charge in [0.05, 0.1) is 17.4 Å². The average molecular weight is 314 g/mol. The zero-order valence-corrected chi connectivity index (χ0v) is 12.6. The highest BCUT2D eigenvalue weighted by molar-refractivity contribution is 7.89. The van der Waals surface area contributed by atoms with Gasteiger partial charge in [-0.05, 0) is 12.1 Å². The second-order valence-electron chi connectivity index (χ2n) is 4.62. The molecule has 0 spiro atoms. The average Bonchev–Trinajstić information content (AvgIpc) is 2.45. The molecule has 8 heteroatoms. The number of aliphatic carboxylic acids is 1. The summed E-state index contributed by atoms with van der Waals surface area (Å²) >= 11 is 0. The third kappa shape index (κ3) is 4.83. The number of carbonyl (C=O) groups is 2. The van der Waals surface area contributed by atoms with Crippen molar-refractivity contribution in [2.45, 2.75) is 11.8 Å². The van der Waals surface area contributed by atoms with Crippen molar-refractivity contribution in [2.75, 3.05) is 20.1 Å². The number of nitrogens with zero attached hydrogens (tertiary/aromatic N) is 1. The van der Waals surface area contributed by atoms with Crippen molar-refractivity contribution >= 4 is 21.9 Å². The summed E-state index contributed by atoms with van der Waals surface area (Å²) in [7, 11) is -2.44. The van der Waals surface area contributed by atoms with Crippen LogP contribution in [0, 0.1) is 5.92 Å². The van der Waals surface area contributed by atoms with E-state index < -0.39 is 27.8 Å². The predicted molar refractivity (Wildman–Crippen MR) is 76.1 cm³/mol. The van der Waals surface area contributed by atoms with Gasteiger partial charge in [0.25, 0.3) is 0 Å². The molecule has 1 amide bonds. The Labute approximate surface area is 123 Å². The summed E-state index contributed by atoms with van der Waals surface area (Å²) in [6.45, 7) is 1.03. The van der Waals surface area contributed by atoms with Crippen molar-refractivity contribution in [3.63, 3.8) is 0 Å². The minimum Gasteiger partial charge on any atom is -0.481 e. The summed E-state index contributed by atoms with van der Waals surface area (Å²) < 4.78 is 25.3. The molecule has 2 N–H and O–H groups in total. The van der Waals surface area contributed by atoms with E-state index in [1.165, 1.54) is 26.1 Å². The smallest absolute Gasteiger partial charge is 0.308 e. The first kappa shape index (κ1) is 17.1. The molecule has 0 radical (unpaired) electrons. The molecule has 0 aliphatic rings. The monoisotopic (exact) mass is 314 g/mol. The summed E-state index contributed by atoms with van der Waals surface area (Å²) in [5.74, 6) is -2.31. The first-order valence-electron chi connectivity index (χ1n) is 6.26. The molecule has 0 saturated heterocycles. The Morgan fingerprint density at radius 1 is 1.29 bits per heavy atom. The lowest BCUT2D eigenvalue weighted by Gasteiger charge is -2.17. The fraction of sp³-hybridized carbons (Fsp3) is 0.385. The first-order valence-corrected chi connectivity index (χ1v) is 7.70. The second kappa shape index (κ2) is 7.19. The van der Waals surface area contributed by atoms with Gasteiger partial charge in [0, 0.05) is 13.6 Å². The second-order valence-corrected chi connectivity index (χ2v) is 6.66. The summed E-state index contributed by atoms with van der Waals surface area (Å²) in [5, 5.41) is 11.1. The minimum atomic E-state index is -3.73. The molecule has 0 bridgehead atoms. The van der Waals surface area contributed by atoms with E-state index in [-0.39, 0.29) is 18.0 Å². The lowest BCUT2D eigenvalue weighted by molar-refractivity contribution is -0.141. The van der Waals surface area contributed by atoms with Gasteiger partial charge in [0.1, 0.15) is 0 Å². The van der Waals surface area contributed by atoms with E-state index in [0.717, 1.165) is 4.31 Å². The van der Waals surface area contributed by atoms with Crippen LogP contribution in [0.15, 0.2) is 35.2 Å². The molecule has 1 atom stereocenters. The normalized spacial score (nSPS) is 12.9. The molecule has 1 rings (SSSR count). The van der Waals surface area contributed by atoms with E-state index in [2.05, 4.69) is 5.32 Å². The fourth-order valence-corrected chi connectivity index (χ4v) is 2.62. The maximum absolute atomic E-state index is 12.2. The molecule has 0 aliphatic heterocycles. The highest BCUT2D eigenvalue weighted by atomic mass is 32.2. The van der Waals surface area contributed by atoms with E-state index in [9.17, 15) is 18.0 Å². The fourth-order valence-electron chi connectivity index (χ4n) is 1.47. The lowest BCUT2D eigenvalue weighted by Crippen LogP contribution is -2.40. The van der Waals surface area contributed by atoms with E-state index in [1.807, 2.05) is 0 Å². The molecule has 0 aromatic heterocycles. The zero-order valence-electron chi connectivity index (χ0n) is 11.8. The van der Waals surface area contributed by atoms with Gasteiger partial charge in [0.15, 0.2) is 0 Å². The van der Waals surface area contributed by atoms with Crippen LogP contribution in [0.25, 0.3) is 0 Å². The zero-order chi connectivity index (χ0) is 16.0. The number of benzene rings is 1. The van der Waals surface area contributed by atoms with E-state index >= 15 is 0 Å². The molecule has 0 saturated carbocycles. The van der Waals surface area contributed by atoms with Crippen LogP contribution in [0.4, 0.5) is 0 Å². The highest BCUT2D eigenvalue weighted by Crippen LogP contribution is 2.12. The number of carboxylic acids is 1. The predicted octanol–water partition coefficient (Wildman–Crippen LogP) is 0.144. The number of hydrogen-bond donors (Lipinski definition) is 2. The van der Waals surface area contributed by atoms with Crippen molar-refractivity contribution in [1.29, 1.82) is 0 Å². The molecule has 7 nitrogen and oxygen atoms in total. The van der Waals surface area contributed by atoms with Crippen molar-refractivity contribution in [2.24, 2.45) is 5.92 Å². The van der Waals surface area contributed by atoms with Gasteiger partial charge in [-0.25, -0.2) is 8.42 Å². The molecule has 1 aromatic carbocycles. The van der Waals surface area contributed by atoms with Crippen LogP contribution in [0.3, 0.4) is 0 Å². The van der Waals surface area contributed by atoms with Gasteiger partial charge >= 0.3 is 5.97 Å². The number of nitrogens with one attached hydrogen (secondary N) is 1. The molecule has 1 unspecified atom stereocenters. The number of likely N-dealkylation sites (N-methyl/N-ethyl adjacent to an activating group) is 1. The lowest BCUT2D eigenvalue weighted by atomic mass is 10.2. The Kier molecular flexibility index (Phi) is 5.86. The van der Waals surface area contributed by atoms with Gasteiger partial charge in [0.2, 0.25) is 15.9 Å². The van der Waals surface area contributed by atoms with E-state index in [0.29, 0.717) is 0 Å². The first-order chi connectivity index (χ1) is 9.75. The number of carboxylic acid groups (broad SMARTS) is 1. The Morgan fingerprint density at radius 3 is 2.38 bits per heavy atom. The molecular weight excluding hydrogens is 296 g/mol. The molecule has 1 aromatic rings. The minimum absolute atomic E-state index is 0.0482. The summed E-state index contributed by atoms with van der Waals surface area (Å²) in [6.07, 6.45) is 0. The Balaban J connectivity index is 2.62. The van der Waals surface area contributed by atoms with Gasteiger partial charge in [-0.15, -0.1) is 0 Å². The molecule has 0 aliphatic carbocycles. The highest BCUT2D eigenvalue weighted by Gasteiger charge is 2.23. The number of hydrogen-bond acceptors (Lipinski definition) is 4. The summed E-state index contributed by atoms with van der Waals surface area (Å²) in [6, 6.07) is 7.76. The third-order valence-corrected chi connectivity index (χ3v) is 4.66. The van der Waals surface area contributed by atoms with Gasteiger partial charge in [-0.2, -0.15) is 4.31 Å². The van der Waals surface area contributed by atoms with Crippen LogP contribution in [0.2, 0.25) is 0 Å². The number of sulfonamides is 1. The number of rotatable bonds is 7. The molecule has 0 fully saturated rings. The van der Waals surface area contributed by atoms with E-state index in [1.54, 1.807) is 18.2 Å². The van der Waals surface area contributed by atoms with Gasteiger partial charge < -0.3 is 10.4 Å². The quantitative estimate of drug-likeness (QED) is 0.745. The molecule has 21 heavy (non-hydrogen) atoms. The summed E-state index contributed by atoms with van der Waals surface area (Å²) in [5.41, 5.74) is 0. The summed E-state index contributed by atoms with van der Waals surface area (Å²) in [4.78, 5) is 22.4. The van der Waals surface area contributed by atoms with Crippen LogP contribution >= 0.6 is 0 Å².